The van der Waals surface area contributed by atoms with Gasteiger partial charge in [0.2, 0.25) is 0 Å². The van der Waals surface area contributed by atoms with Gasteiger partial charge in [-0.25, -0.2) is 12.8 Å². The summed E-state index contributed by atoms with van der Waals surface area (Å²) >= 11 is 12.1. The Kier molecular flexibility index (Phi) is 4.73. The predicted molar refractivity (Wildman–Crippen MR) is 84.1 cm³/mol. The van der Waals surface area contributed by atoms with Gasteiger partial charge in [-0.3, -0.25) is 4.72 Å². The number of anilines is 1. The Bertz CT molecular complexity index is 748. The smallest absolute Gasteiger partial charge is 0.262 e. The van der Waals surface area contributed by atoms with Gasteiger partial charge >= 0.3 is 0 Å². The van der Waals surface area contributed by atoms with Crippen molar-refractivity contribution in [1.29, 1.82) is 0 Å². The van der Waals surface area contributed by atoms with Crippen molar-refractivity contribution in [2.45, 2.75) is 4.90 Å². The number of sulfonamides is 1. The topological polar surface area (TPSA) is 46.2 Å². The minimum Gasteiger partial charge on any atom is -0.275 e. The number of halogens is 4. The van der Waals surface area contributed by atoms with Gasteiger partial charge in [-0.2, -0.15) is 0 Å². The molecule has 0 bridgehead atoms. The number of hydrogen-bond acceptors (Lipinski definition) is 2. The van der Waals surface area contributed by atoms with Gasteiger partial charge in [-0.05, 0) is 62.2 Å². The monoisotopic (exact) mass is 441 g/mol. The highest BCUT2D eigenvalue weighted by atomic mass is 79.9. The van der Waals surface area contributed by atoms with Gasteiger partial charge in [0.05, 0.1) is 15.6 Å². The molecular weight excluding hydrogens is 436 g/mol. The van der Waals surface area contributed by atoms with E-state index in [1.165, 1.54) is 30.3 Å². The first-order valence-electron chi connectivity index (χ1n) is 5.23. The minimum absolute atomic E-state index is 0.0241. The molecule has 0 unspecified atom stereocenters. The van der Waals surface area contributed by atoms with Crippen LogP contribution in [-0.2, 0) is 10.0 Å². The molecule has 3 nitrogen and oxygen atoms in total. The van der Waals surface area contributed by atoms with Crippen LogP contribution in [-0.4, -0.2) is 8.42 Å². The second-order valence-corrected chi connectivity index (χ2v) is 7.58. The minimum atomic E-state index is -3.91. The molecule has 0 amide bonds. The van der Waals surface area contributed by atoms with Gasteiger partial charge in [0.15, 0.2) is 0 Å². The normalized spacial score (nSPS) is 11.4. The van der Waals surface area contributed by atoms with E-state index in [1.54, 1.807) is 6.07 Å². The molecule has 0 aliphatic carbocycles. The van der Waals surface area contributed by atoms with E-state index in [1.807, 2.05) is 0 Å². The van der Waals surface area contributed by atoms with E-state index < -0.39 is 15.8 Å². The van der Waals surface area contributed by atoms with Crippen molar-refractivity contribution in [3.8, 4) is 0 Å². The van der Waals surface area contributed by atoms with Crippen LogP contribution in [0.3, 0.4) is 0 Å². The van der Waals surface area contributed by atoms with E-state index in [4.69, 9.17) is 11.6 Å². The fourth-order valence-corrected chi connectivity index (χ4v) is 3.77. The van der Waals surface area contributed by atoms with Crippen LogP contribution in [0, 0.1) is 5.82 Å². The Morgan fingerprint density at radius 1 is 1.10 bits per heavy atom. The Balaban J connectivity index is 2.43. The Morgan fingerprint density at radius 2 is 1.80 bits per heavy atom. The molecule has 0 aliphatic rings. The molecule has 0 atom stereocenters. The number of para-hydroxylation sites is 1. The van der Waals surface area contributed by atoms with Crippen LogP contribution in [0.5, 0.6) is 0 Å². The lowest BCUT2D eigenvalue weighted by molar-refractivity contribution is 0.598. The van der Waals surface area contributed by atoms with Crippen molar-refractivity contribution in [1.82, 2.24) is 0 Å². The number of hydrogen-bond donors (Lipinski definition) is 1. The molecule has 0 saturated carbocycles. The zero-order chi connectivity index (χ0) is 14.9. The molecule has 0 aliphatic heterocycles. The average molecular weight is 444 g/mol. The fraction of sp³-hybridized carbons (Fsp3) is 0. The number of nitrogens with one attached hydrogen (secondary N) is 1. The van der Waals surface area contributed by atoms with Crippen molar-refractivity contribution in [2.75, 3.05) is 4.72 Å². The molecule has 0 radical (unpaired) electrons. The summed E-state index contributed by atoms with van der Waals surface area (Å²) in [4.78, 5) is -0.0241. The van der Waals surface area contributed by atoms with Crippen LogP contribution in [0.4, 0.5) is 10.1 Å². The van der Waals surface area contributed by atoms with Gasteiger partial charge in [0, 0.05) is 8.95 Å². The molecule has 1 N–H and O–H groups in total. The van der Waals surface area contributed by atoms with Crippen molar-refractivity contribution in [2.24, 2.45) is 0 Å². The first kappa shape index (κ1) is 15.8. The Hall–Kier alpha value is -0.630. The third-order valence-electron chi connectivity index (χ3n) is 2.40. The summed E-state index contributed by atoms with van der Waals surface area (Å²) in [5.41, 5.74) is -0.140. The van der Waals surface area contributed by atoms with E-state index in [0.717, 1.165) is 0 Å². The molecule has 8 heteroatoms. The molecule has 0 fully saturated rings. The van der Waals surface area contributed by atoms with Crippen LogP contribution >= 0.6 is 43.5 Å². The molecular formula is C12H7Br2ClFNO2S. The molecule has 20 heavy (non-hydrogen) atoms. The van der Waals surface area contributed by atoms with E-state index in [0.29, 0.717) is 14.0 Å². The highest BCUT2D eigenvalue weighted by Gasteiger charge is 2.19. The standard InChI is InChI=1S/C12H7Br2ClFNO2S/c13-8-2-1-3-11(16)12(8)17-20(18,19)7-4-5-10(15)9(14)6-7/h1-6,17H. The van der Waals surface area contributed by atoms with E-state index >= 15 is 0 Å². The van der Waals surface area contributed by atoms with Crippen molar-refractivity contribution >= 4 is 59.2 Å². The molecule has 2 aromatic rings. The summed E-state index contributed by atoms with van der Waals surface area (Å²) in [6, 6.07) is 8.30. The fourth-order valence-electron chi connectivity index (χ4n) is 1.43. The molecule has 0 spiro atoms. The summed E-state index contributed by atoms with van der Waals surface area (Å²) < 4.78 is 41.0. The predicted octanol–water partition coefficient (Wildman–Crippen LogP) is 4.80. The maximum Gasteiger partial charge on any atom is 0.262 e. The van der Waals surface area contributed by atoms with E-state index in [2.05, 4.69) is 36.6 Å². The van der Waals surface area contributed by atoms with Gasteiger partial charge in [0.25, 0.3) is 10.0 Å². The average Bonchev–Trinajstić information content (AvgIpc) is 2.37. The zero-order valence-corrected chi connectivity index (χ0v) is 14.4. The summed E-state index contributed by atoms with van der Waals surface area (Å²) in [5.74, 6) is -0.670. The van der Waals surface area contributed by atoms with Crippen LogP contribution < -0.4 is 4.72 Å². The third kappa shape index (κ3) is 3.33. The van der Waals surface area contributed by atoms with Gasteiger partial charge in [-0.1, -0.05) is 17.7 Å². The molecule has 0 heterocycles. The van der Waals surface area contributed by atoms with Crippen molar-refractivity contribution in [3.63, 3.8) is 0 Å². The Morgan fingerprint density at radius 3 is 2.40 bits per heavy atom. The first-order valence-corrected chi connectivity index (χ1v) is 8.68. The SMILES string of the molecule is O=S(=O)(Nc1c(F)cccc1Br)c1ccc(Cl)c(Br)c1. The summed E-state index contributed by atoms with van der Waals surface area (Å²) in [6.07, 6.45) is 0. The summed E-state index contributed by atoms with van der Waals surface area (Å²) in [5, 5.41) is 0.385. The maximum atomic E-state index is 13.7. The lowest BCUT2D eigenvalue weighted by Crippen LogP contribution is -2.14. The van der Waals surface area contributed by atoms with Crippen LogP contribution in [0.25, 0.3) is 0 Å². The zero-order valence-electron chi connectivity index (χ0n) is 9.70. The third-order valence-corrected chi connectivity index (χ3v) is 5.62. The molecule has 2 aromatic carbocycles. The largest absolute Gasteiger partial charge is 0.275 e. The van der Waals surface area contributed by atoms with Gasteiger partial charge in [-0.15, -0.1) is 0 Å². The highest BCUT2D eigenvalue weighted by molar-refractivity contribution is 9.11. The molecule has 0 aromatic heterocycles. The Labute approximate surface area is 137 Å². The number of benzene rings is 2. The van der Waals surface area contributed by atoms with Crippen molar-refractivity contribution < 1.29 is 12.8 Å². The van der Waals surface area contributed by atoms with Gasteiger partial charge < -0.3 is 0 Å². The maximum absolute atomic E-state index is 13.7. The van der Waals surface area contributed by atoms with Crippen LogP contribution in [0.1, 0.15) is 0 Å². The van der Waals surface area contributed by atoms with E-state index in [9.17, 15) is 12.8 Å². The van der Waals surface area contributed by atoms with E-state index in [-0.39, 0.29) is 10.6 Å². The lowest BCUT2D eigenvalue weighted by Gasteiger charge is -2.11. The second kappa shape index (κ2) is 6.01. The second-order valence-electron chi connectivity index (χ2n) is 3.78. The first-order chi connectivity index (χ1) is 9.31. The molecule has 2 rings (SSSR count). The van der Waals surface area contributed by atoms with Gasteiger partial charge in [0.1, 0.15) is 5.82 Å². The number of rotatable bonds is 3. The lowest BCUT2D eigenvalue weighted by atomic mass is 10.3. The summed E-state index contributed by atoms with van der Waals surface area (Å²) in [7, 11) is -3.91. The molecule has 0 saturated heterocycles. The van der Waals surface area contributed by atoms with Crippen LogP contribution in [0.15, 0.2) is 50.2 Å². The highest BCUT2D eigenvalue weighted by Crippen LogP contribution is 2.30. The summed E-state index contributed by atoms with van der Waals surface area (Å²) in [6.45, 7) is 0. The molecule has 106 valence electrons. The quantitative estimate of drug-likeness (QED) is 0.741. The van der Waals surface area contributed by atoms with Crippen molar-refractivity contribution in [3.05, 3.63) is 56.2 Å². The van der Waals surface area contributed by atoms with Crippen LogP contribution in [0.2, 0.25) is 5.02 Å².